The molecule has 0 aliphatic carbocycles. The van der Waals surface area contributed by atoms with Crippen LogP contribution in [0.15, 0.2) is 0 Å². The highest BCUT2D eigenvalue weighted by molar-refractivity contribution is 5.57. The quantitative estimate of drug-likeness (QED) is 0.671. The van der Waals surface area contributed by atoms with Crippen LogP contribution in [-0.4, -0.2) is 32.7 Å². The molecule has 0 N–H and O–H groups in total. The maximum absolute atomic E-state index is 10.4. The van der Waals surface area contributed by atoms with Crippen molar-refractivity contribution >= 4 is 6.29 Å². The molecule has 2 unspecified atom stereocenters. The monoisotopic (exact) mass is 285 g/mol. The lowest BCUT2D eigenvalue weighted by Gasteiger charge is -2.20. The van der Waals surface area contributed by atoms with Crippen molar-refractivity contribution in [1.29, 1.82) is 5.26 Å². The van der Waals surface area contributed by atoms with Crippen molar-refractivity contribution in [2.75, 3.05) is 14.2 Å². The van der Waals surface area contributed by atoms with Gasteiger partial charge < -0.3 is 14.3 Å². The van der Waals surface area contributed by atoms with Crippen LogP contribution in [0.4, 0.5) is 0 Å². The minimum atomic E-state index is -0.255. The Labute approximate surface area is 124 Å². The lowest BCUT2D eigenvalue weighted by molar-refractivity contribution is -0.116. The predicted octanol–water partition coefficient (Wildman–Crippen LogP) is 3.60. The van der Waals surface area contributed by atoms with Crippen molar-refractivity contribution in [3.8, 4) is 6.07 Å². The summed E-state index contributed by atoms with van der Waals surface area (Å²) in [5.41, 5.74) is -0.495. The first-order valence-electron chi connectivity index (χ1n) is 6.96. The van der Waals surface area contributed by atoms with Gasteiger partial charge in [-0.2, -0.15) is 5.26 Å². The van der Waals surface area contributed by atoms with E-state index in [0.29, 0.717) is 0 Å². The number of hydrogen-bond donors (Lipinski definition) is 0. The van der Waals surface area contributed by atoms with E-state index in [2.05, 4.69) is 6.07 Å². The van der Waals surface area contributed by atoms with Crippen molar-refractivity contribution in [1.82, 2.24) is 0 Å². The third kappa shape index (κ3) is 12.1. The van der Waals surface area contributed by atoms with E-state index in [9.17, 15) is 4.79 Å². The molecule has 0 saturated heterocycles. The number of nitrogens with zero attached hydrogens (tertiary/aromatic N) is 1. The largest absolute Gasteiger partial charge is 0.382 e. The van der Waals surface area contributed by atoms with Gasteiger partial charge in [-0.3, -0.25) is 0 Å². The van der Waals surface area contributed by atoms with Crippen molar-refractivity contribution in [3.05, 3.63) is 0 Å². The second-order valence-corrected chi connectivity index (χ2v) is 6.60. The Hall–Kier alpha value is -0.920. The molecule has 0 spiro atoms. The highest BCUT2D eigenvalue weighted by Gasteiger charge is 2.20. The van der Waals surface area contributed by atoms with Gasteiger partial charge in [0.25, 0.3) is 0 Å². The molecule has 2 atom stereocenters. The summed E-state index contributed by atoms with van der Waals surface area (Å²) in [6, 6.07) is 2.23. The molecule has 0 aliphatic rings. The van der Waals surface area contributed by atoms with Gasteiger partial charge in [0.15, 0.2) is 0 Å². The number of methoxy groups -OCH3 is 2. The van der Waals surface area contributed by atoms with E-state index in [0.717, 1.165) is 19.1 Å². The lowest BCUT2D eigenvalue weighted by Crippen LogP contribution is -2.20. The number of aldehydes is 1. The first kappa shape index (κ1) is 21.4. The summed E-state index contributed by atoms with van der Waals surface area (Å²) in [5.74, 6) is 0. The highest BCUT2D eigenvalue weighted by atomic mass is 16.5. The number of hydrogen-bond acceptors (Lipinski definition) is 4. The van der Waals surface area contributed by atoms with E-state index < -0.39 is 0 Å². The van der Waals surface area contributed by atoms with E-state index in [4.69, 9.17) is 14.7 Å². The number of nitriles is 1. The summed E-state index contributed by atoms with van der Waals surface area (Å²) < 4.78 is 10.1. The summed E-state index contributed by atoms with van der Waals surface area (Å²) in [7, 11) is 3.32. The Morgan fingerprint density at radius 3 is 1.75 bits per heavy atom. The first-order valence-corrected chi connectivity index (χ1v) is 6.96. The minimum absolute atomic E-state index is 0.167. The van der Waals surface area contributed by atoms with Gasteiger partial charge in [0.05, 0.1) is 23.7 Å². The minimum Gasteiger partial charge on any atom is -0.382 e. The average Bonchev–Trinajstić information content (AvgIpc) is 2.38. The molecular weight excluding hydrogens is 254 g/mol. The Balaban J connectivity index is 0. The maximum atomic E-state index is 10.4. The van der Waals surface area contributed by atoms with Gasteiger partial charge in [0, 0.05) is 19.6 Å². The van der Waals surface area contributed by atoms with Crippen LogP contribution in [0.25, 0.3) is 0 Å². The molecule has 0 rings (SSSR count). The van der Waals surface area contributed by atoms with Crippen LogP contribution in [0.5, 0.6) is 0 Å². The van der Waals surface area contributed by atoms with E-state index in [1.54, 1.807) is 14.2 Å². The van der Waals surface area contributed by atoms with Gasteiger partial charge in [0.2, 0.25) is 0 Å². The fourth-order valence-electron chi connectivity index (χ4n) is 1.72. The Bertz CT molecular complexity index is 305. The van der Waals surface area contributed by atoms with Gasteiger partial charge in [0.1, 0.15) is 6.29 Å². The molecule has 0 amide bonds. The molecule has 4 heteroatoms. The Morgan fingerprint density at radius 1 is 1.05 bits per heavy atom. The summed E-state index contributed by atoms with van der Waals surface area (Å²) in [6.07, 6.45) is 2.89. The van der Waals surface area contributed by atoms with Gasteiger partial charge in [-0.25, -0.2) is 0 Å². The van der Waals surface area contributed by atoms with Gasteiger partial charge in [-0.1, -0.05) is 13.8 Å². The average molecular weight is 285 g/mol. The van der Waals surface area contributed by atoms with Crippen LogP contribution >= 0.6 is 0 Å². The molecule has 0 aromatic heterocycles. The standard InChI is InChI=1S/C8H15NO.C8H16O2/c2*1-7(10-4)5-8(2,3)6-9/h7H,5H2,1-4H3;6-7H,5H2,1-4H3. The molecular formula is C16H31NO3. The number of rotatable bonds is 7. The summed E-state index contributed by atoms with van der Waals surface area (Å²) in [6.45, 7) is 11.6. The van der Waals surface area contributed by atoms with Crippen LogP contribution in [0.2, 0.25) is 0 Å². The molecule has 4 nitrogen and oxygen atoms in total. The number of carbonyl (C=O) groups is 1. The molecule has 0 aromatic carbocycles. The van der Waals surface area contributed by atoms with Crippen molar-refractivity contribution in [2.45, 2.75) is 66.6 Å². The van der Waals surface area contributed by atoms with E-state index >= 15 is 0 Å². The molecule has 0 heterocycles. The zero-order valence-electron chi connectivity index (χ0n) is 14.3. The second kappa shape index (κ2) is 9.90. The third-order valence-corrected chi connectivity index (χ3v) is 3.04. The van der Waals surface area contributed by atoms with Crippen LogP contribution in [0.3, 0.4) is 0 Å². The molecule has 0 saturated carbocycles. The maximum Gasteiger partial charge on any atom is 0.125 e. The summed E-state index contributed by atoms with van der Waals surface area (Å²) in [5, 5.41) is 8.63. The fourth-order valence-corrected chi connectivity index (χ4v) is 1.72. The van der Waals surface area contributed by atoms with Crippen molar-refractivity contribution in [3.63, 3.8) is 0 Å². The smallest absolute Gasteiger partial charge is 0.125 e. The summed E-state index contributed by atoms with van der Waals surface area (Å²) >= 11 is 0. The number of ether oxygens (including phenoxy) is 2. The number of carbonyl (C=O) groups excluding carboxylic acids is 1. The van der Waals surface area contributed by atoms with Crippen molar-refractivity contribution < 1.29 is 14.3 Å². The van der Waals surface area contributed by atoms with Crippen LogP contribution < -0.4 is 0 Å². The van der Waals surface area contributed by atoms with Crippen LogP contribution in [0.1, 0.15) is 54.4 Å². The molecule has 0 radical (unpaired) electrons. The van der Waals surface area contributed by atoms with Gasteiger partial charge >= 0.3 is 0 Å². The van der Waals surface area contributed by atoms with E-state index in [-0.39, 0.29) is 23.0 Å². The van der Waals surface area contributed by atoms with E-state index in [1.807, 2.05) is 41.5 Å². The van der Waals surface area contributed by atoms with E-state index in [1.165, 1.54) is 0 Å². The van der Waals surface area contributed by atoms with Crippen LogP contribution in [-0.2, 0) is 14.3 Å². The lowest BCUT2D eigenvalue weighted by atomic mass is 9.89. The van der Waals surface area contributed by atoms with Gasteiger partial charge in [-0.05, 0) is 40.5 Å². The molecule has 0 bridgehead atoms. The second-order valence-electron chi connectivity index (χ2n) is 6.60. The molecule has 0 aliphatic heterocycles. The van der Waals surface area contributed by atoms with Gasteiger partial charge in [-0.15, -0.1) is 0 Å². The third-order valence-electron chi connectivity index (χ3n) is 3.04. The topological polar surface area (TPSA) is 59.3 Å². The first-order chi connectivity index (χ1) is 9.03. The SMILES string of the molecule is COC(C)CC(C)(C)C#N.COC(C)CC(C)(C)C=O. The molecule has 118 valence electrons. The normalized spacial score (nSPS) is 14.6. The summed E-state index contributed by atoms with van der Waals surface area (Å²) in [4.78, 5) is 10.4. The zero-order valence-corrected chi connectivity index (χ0v) is 14.3. The molecule has 0 aromatic rings. The Morgan fingerprint density at radius 2 is 1.45 bits per heavy atom. The fraction of sp³-hybridized carbons (Fsp3) is 0.875. The van der Waals surface area contributed by atoms with Crippen LogP contribution in [0, 0.1) is 22.2 Å². The zero-order chi connectivity index (χ0) is 16.4. The molecule has 20 heavy (non-hydrogen) atoms. The predicted molar refractivity (Wildman–Crippen MR) is 81.4 cm³/mol. The molecule has 0 fully saturated rings. The highest BCUT2D eigenvalue weighted by Crippen LogP contribution is 2.21. The van der Waals surface area contributed by atoms with Crippen molar-refractivity contribution in [2.24, 2.45) is 10.8 Å². The Kier molecular flexibility index (Phi) is 10.6.